The van der Waals surface area contributed by atoms with Gasteiger partial charge in [-0.15, -0.1) is 0 Å². The van der Waals surface area contributed by atoms with Crippen LogP contribution in [-0.2, 0) is 14.3 Å². The van der Waals surface area contributed by atoms with Crippen molar-refractivity contribution in [2.75, 3.05) is 6.26 Å². The maximum absolute atomic E-state index is 11.3. The lowest BCUT2D eigenvalue weighted by Crippen LogP contribution is -2.28. The Morgan fingerprint density at radius 3 is 2.61 bits per heavy atom. The van der Waals surface area contributed by atoms with E-state index >= 15 is 0 Å². The normalized spacial score (nSPS) is 25.0. The summed E-state index contributed by atoms with van der Waals surface area (Å²) in [5.74, 6) is 0.202. The van der Waals surface area contributed by atoms with Gasteiger partial charge in [-0.05, 0) is 25.3 Å². The topological polar surface area (TPSA) is 43.4 Å². The number of hydrogen-bond acceptors (Lipinski definition) is 3. The first-order valence-electron chi connectivity index (χ1n) is 6.40. The van der Waals surface area contributed by atoms with Gasteiger partial charge in [0.05, 0.1) is 12.4 Å². The van der Waals surface area contributed by atoms with Crippen molar-refractivity contribution in [1.82, 2.24) is 0 Å². The lowest BCUT2D eigenvalue weighted by atomic mass is 9.81. The molecule has 1 fully saturated rings. The molecular weight excluding hydrogens is 248 g/mol. The molecule has 0 bridgehead atoms. The Labute approximate surface area is 109 Å². The van der Waals surface area contributed by atoms with Gasteiger partial charge in [0, 0.05) is 5.92 Å². The quantitative estimate of drug-likeness (QED) is 0.791. The summed E-state index contributed by atoms with van der Waals surface area (Å²) in [4.78, 5) is 0. The molecule has 0 N–H and O–H groups in total. The predicted octanol–water partition coefficient (Wildman–Crippen LogP) is 3.00. The Bertz CT molecular complexity index is 508. The maximum Gasteiger partial charge on any atom is 0.264 e. The molecule has 1 saturated carbocycles. The lowest BCUT2D eigenvalue weighted by Gasteiger charge is -2.31. The van der Waals surface area contributed by atoms with E-state index in [9.17, 15) is 8.42 Å². The molecular formula is C14H20O3S. The first kappa shape index (κ1) is 13.6. The van der Waals surface area contributed by atoms with Crippen molar-refractivity contribution in [3.8, 4) is 0 Å². The Hall–Kier alpha value is -0.870. The average Bonchev–Trinajstić information content (AvgIpc) is 2.27. The lowest BCUT2D eigenvalue weighted by molar-refractivity contribution is 0.138. The molecule has 1 aromatic carbocycles. The van der Waals surface area contributed by atoms with E-state index < -0.39 is 10.1 Å². The number of rotatable bonds is 3. The van der Waals surface area contributed by atoms with Gasteiger partial charge in [0.15, 0.2) is 0 Å². The number of benzene rings is 1. The second-order valence-electron chi connectivity index (χ2n) is 5.14. The Balaban J connectivity index is 2.22. The van der Waals surface area contributed by atoms with Crippen molar-refractivity contribution >= 4 is 10.1 Å². The standard InChI is InChI=1S/C14H20O3S/c1-11-6-5-7-12(10-11)13-8-3-4-9-14(13)17-18(2,15)16/h5-7,10,13-14H,3-4,8-9H2,1-2H3. The zero-order valence-electron chi connectivity index (χ0n) is 10.9. The van der Waals surface area contributed by atoms with Gasteiger partial charge in [-0.2, -0.15) is 8.42 Å². The van der Waals surface area contributed by atoms with Gasteiger partial charge in [0.25, 0.3) is 10.1 Å². The first-order valence-corrected chi connectivity index (χ1v) is 8.22. The summed E-state index contributed by atoms with van der Waals surface area (Å²) in [5, 5.41) is 0. The summed E-state index contributed by atoms with van der Waals surface area (Å²) in [6.45, 7) is 2.05. The van der Waals surface area contributed by atoms with Crippen LogP contribution in [0.15, 0.2) is 24.3 Å². The molecule has 1 aromatic rings. The highest BCUT2D eigenvalue weighted by molar-refractivity contribution is 7.86. The minimum absolute atomic E-state index is 0.199. The van der Waals surface area contributed by atoms with Crippen molar-refractivity contribution in [2.24, 2.45) is 0 Å². The summed E-state index contributed by atoms with van der Waals surface area (Å²) < 4.78 is 27.9. The molecule has 2 unspecified atom stereocenters. The fourth-order valence-corrected chi connectivity index (χ4v) is 3.40. The van der Waals surface area contributed by atoms with Crippen molar-refractivity contribution in [2.45, 2.75) is 44.6 Å². The van der Waals surface area contributed by atoms with Crippen LogP contribution in [-0.4, -0.2) is 20.8 Å². The van der Waals surface area contributed by atoms with Crippen molar-refractivity contribution in [3.63, 3.8) is 0 Å². The van der Waals surface area contributed by atoms with Crippen LogP contribution in [0.25, 0.3) is 0 Å². The zero-order valence-corrected chi connectivity index (χ0v) is 11.7. The molecule has 0 saturated heterocycles. The second-order valence-corrected chi connectivity index (χ2v) is 6.74. The van der Waals surface area contributed by atoms with Gasteiger partial charge < -0.3 is 0 Å². The first-order chi connectivity index (χ1) is 8.46. The molecule has 0 aromatic heterocycles. The van der Waals surface area contributed by atoms with Crippen LogP contribution < -0.4 is 0 Å². The van der Waals surface area contributed by atoms with Crippen LogP contribution in [0.3, 0.4) is 0 Å². The molecule has 1 aliphatic rings. The van der Waals surface area contributed by atoms with Gasteiger partial charge in [0.2, 0.25) is 0 Å². The monoisotopic (exact) mass is 268 g/mol. The van der Waals surface area contributed by atoms with Crippen LogP contribution in [0, 0.1) is 6.92 Å². The minimum Gasteiger partial charge on any atom is -0.266 e. The highest BCUT2D eigenvalue weighted by atomic mass is 32.2. The van der Waals surface area contributed by atoms with Crippen LogP contribution in [0.5, 0.6) is 0 Å². The third kappa shape index (κ3) is 3.56. The molecule has 0 spiro atoms. The second kappa shape index (κ2) is 5.41. The van der Waals surface area contributed by atoms with Crippen LogP contribution in [0.4, 0.5) is 0 Å². The predicted molar refractivity (Wildman–Crippen MR) is 72.1 cm³/mol. The summed E-state index contributed by atoms with van der Waals surface area (Å²) in [5.41, 5.74) is 2.40. The largest absolute Gasteiger partial charge is 0.266 e. The molecule has 100 valence electrons. The van der Waals surface area contributed by atoms with E-state index in [0.29, 0.717) is 0 Å². The fraction of sp³-hybridized carbons (Fsp3) is 0.571. The summed E-state index contributed by atoms with van der Waals surface area (Å²) >= 11 is 0. The number of hydrogen-bond donors (Lipinski definition) is 0. The maximum atomic E-state index is 11.3. The fourth-order valence-electron chi connectivity index (χ4n) is 2.72. The summed E-state index contributed by atoms with van der Waals surface area (Å²) in [7, 11) is -3.37. The van der Waals surface area contributed by atoms with E-state index in [0.717, 1.165) is 31.9 Å². The SMILES string of the molecule is Cc1cccc(C2CCCCC2OS(C)(=O)=O)c1. The molecule has 3 nitrogen and oxygen atoms in total. The molecule has 4 heteroatoms. The van der Waals surface area contributed by atoms with E-state index in [1.165, 1.54) is 11.1 Å². The van der Waals surface area contributed by atoms with Crippen molar-refractivity contribution < 1.29 is 12.6 Å². The Morgan fingerprint density at radius 2 is 1.94 bits per heavy atom. The molecule has 0 amide bonds. The van der Waals surface area contributed by atoms with Crippen LogP contribution in [0.2, 0.25) is 0 Å². The molecule has 0 heterocycles. The van der Waals surface area contributed by atoms with Gasteiger partial charge in [-0.25, -0.2) is 0 Å². The molecule has 2 atom stereocenters. The van der Waals surface area contributed by atoms with Crippen LogP contribution in [0.1, 0.15) is 42.7 Å². The van der Waals surface area contributed by atoms with Crippen molar-refractivity contribution in [3.05, 3.63) is 35.4 Å². The Kier molecular flexibility index (Phi) is 4.07. The molecule has 0 radical (unpaired) electrons. The molecule has 1 aliphatic carbocycles. The van der Waals surface area contributed by atoms with E-state index in [1.54, 1.807) is 0 Å². The molecule has 18 heavy (non-hydrogen) atoms. The van der Waals surface area contributed by atoms with E-state index in [-0.39, 0.29) is 12.0 Å². The van der Waals surface area contributed by atoms with Gasteiger partial charge in [-0.3, -0.25) is 4.18 Å². The van der Waals surface area contributed by atoms with Crippen LogP contribution >= 0.6 is 0 Å². The van der Waals surface area contributed by atoms with E-state index in [2.05, 4.69) is 25.1 Å². The highest BCUT2D eigenvalue weighted by Gasteiger charge is 2.29. The van der Waals surface area contributed by atoms with Gasteiger partial charge in [0.1, 0.15) is 0 Å². The van der Waals surface area contributed by atoms with E-state index in [1.807, 2.05) is 6.07 Å². The smallest absolute Gasteiger partial charge is 0.264 e. The molecule has 2 rings (SSSR count). The van der Waals surface area contributed by atoms with E-state index in [4.69, 9.17) is 4.18 Å². The third-order valence-corrected chi connectivity index (χ3v) is 4.07. The average molecular weight is 268 g/mol. The number of aryl methyl sites for hydroxylation is 1. The van der Waals surface area contributed by atoms with Gasteiger partial charge >= 0.3 is 0 Å². The highest BCUT2D eigenvalue weighted by Crippen LogP contribution is 2.35. The third-order valence-electron chi connectivity index (χ3n) is 3.47. The molecule has 0 aliphatic heterocycles. The zero-order chi connectivity index (χ0) is 13.2. The Morgan fingerprint density at radius 1 is 1.22 bits per heavy atom. The summed E-state index contributed by atoms with van der Waals surface area (Å²) in [6, 6.07) is 8.28. The van der Waals surface area contributed by atoms with Gasteiger partial charge in [-0.1, -0.05) is 42.7 Å². The minimum atomic E-state index is -3.37. The van der Waals surface area contributed by atoms with Crippen molar-refractivity contribution in [1.29, 1.82) is 0 Å². The summed E-state index contributed by atoms with van der Waals surface area (Å²) in [6.07, 6.45) is 4.95.